The van der Waals surface area contributed by atoms with E-state index in [1.54, 1.807) is 52.2 Å². The second-order valence-electron chi connectivity index (χ2n) is 6.39. The fourth-order valence-electron chi connectivity index (χ4n) is 2.93. The van der Waals surface area contributed by atoms with E-state index in [4.69, 9.17) is 4.42 Å². The zero-order valence-electron chi connectivity index (χ0n) is 16.1. The summed E-state index contributed by atoms with van der Waals surface area (Å²) in [5.41, 5.74) is 1.21. The van der Waals surface area contributed by atoms with Crippen molar-refractivity contribution in [2.45, 2.75) is 18.7 Å². The van der Waals surface area contributed by atoms with E-state index in [1.165, 1.54) is 21.5 Å². The average Bonchev–Trinajstić information content (AvgIpc) is 3.29. The largest absolute Gasteiger partial charge is 0.458 e. The van der Waals surface area contributed by atoms with Crippen LogP contribution in [0.15, 0.2) is 51.9 Å². The molecule has 148 valence electrons. The van der Waals surface area contributed by atoms with Gasteiger partial charge >= 0.3 is 0 Å². The van der Waals surface area contributed by atoms with Gasteiger partial charge in [0.05, 0.1) is 17.4 Å². The van der Waals surface area contributed by atoms with Crippen molar-refractivity contribution in [3.63, 3.8) is 0 Å². The van der Waals surface area contributed by atoms with Crippen LogP contribution in [0.2, 0.25) is 0 Å². The summed E-state index contributed by atoms with van der Waals surface area (Å²) in [6.07, 6.45) is 1.39. The molecule has 0 radical (unpaired) electrons. The highest BCUT2D eigenvalue weighted by Crippen LogP contribution is 2.32. The molecule has 0 aliphatic carbocycles. The van der Waals surface area contributed by atoms with Gasteiger partial charge in [0.25, 0.3) is 15.9 Å². The Kier molecular flexibility index (Phi) is 5.28. The third-order valence-electron chi connectivity index (χ3n) is 4.29. The molecular weight excluding hydrogens is 380 g/mol. The van der Waals surface area contributed by atoms with Crippen LogP contribution in [-0.4, -0.2) is 50.1 Å². The number of H-pyrrole nitrogens is 1. The third kappa shape index (κ3) is 3.40. The molecular formula is C19H22N4O4S. The average molecular weight is 402 g/mol. The molecule has 3 rings (SSSR count). The van der Waals surface area contributed by atoms with Gasteiger partial charge in [0, 0.05) is 26.7 Å². The molecule has 3 aromatic rings. The topological polar surface area (TPSA) is 99.5 Å². The van der Waals surface area contributed by atoms with Gasteiger partial charge in [0.2, 0.25) is 0 Å². The van der Waals surface area contributed by atoms with Crippen molar-refractivity contribution in [3.8, 4) is 11.5 Å². The van der Waals surface area contributed by atoms with Gasteiger partial charge in [-0.15, -0.1) is 0 Å². The number of hydrogen-bond acceptors (Lipinski definition) is 5. The van der Waals surface area contributed by atoms with Gasteiger partial charge in [-0.1, -0.05) is 18.2 Å². The monoisotopic (exact) mass is 402 g/mol. The van der Waals surface area contributed by atoms with Gasteiger partial charge < -0.3 is 9.32 Å². The summed E-state index contributed by atoms with van der Waals surface area (Å²) in [5, 5.41) is 6.63. The molecule has 0 bridgehead atoms. The maximum absolute atomic E-state index is 13.3. The summed E-state index contributed by atoms with van der Waals surface area (Å²) in [5.74, 6) is 0.215. The Morgan fingerprint density at radius 1 is 1.21 bits per heavy atom. The molecule has 1 amide bonds. The molecule has 0 unspecified atom stereocenters. The highest BCUT2D eigenvalue weighted by molar-refractivity contribution is 7.92. The van der Waals surface area contributed by atoms with Crippen LogP contribution in [0.3, 0.4) is 0 Å². The first kappa shape index (κ1) is 19.7. The van der Waals surface area contributed by atoms with Gasteiger partial charge in [0.1, 0.15) is 16.3 Å². The molecule has 1 N–H and O–H groups in total. The SMILES string of the molecule is CCN(c1ccccc1)S(=O)(=O)c1cc(-c2[nH]ncc2C(=O)N(C)C)oc1C. The minimum Gasteiger partial charge on any atom is -0.458 e. The van der Waals surface area contributed by atoms with E-state index < -0.39 is 10.0 Å². The van der Waals surface area contributed by atoms with Crippen LogP contribution < -0.4 is 4.31 Å². The fourth-order valence-corrected chi connectivity index (χ4v) is 4.56. The number of carbonyl (C=O) groups excluding carboxylic acids is 1. The maximum atomic E-state index is 13.3. The van der Waals surface area contributed by atoms with Gasteiger partial charge in [-0.05, 0) is 26.0 Å². The van der Waals surface area contributed by atoms with Crippen molar-refractivity contribution < 1.29 is 17.6 Å². The van der Waals surface area contributed by atoms with Gasteiger partial charge in [-0.2, -0.15) is 5.10 Å². The molecule has 0 aliphatic heterocycles. The summed E-state index contributed by atoms with van der Waals surface area (Å²) < 4.78 is 33.5. The Morgan fingerprint density at radius 2 is 1.89 bits per heavy atom. The van der Waals surface area contributed by atoms with E-state index in [0.29, 0.717) is 16.9 Å². The number of anilines is 1. The lowest BCUT2D eigenvalue weighted by atomic mass is 10.2. The molecule has 8 nitrogen and oxygen atoms in total. The zero-order chi connectivity index (χ0) is 20.5. The molecule has 9 heteroatoms. The van der Waals surface area contributed by atoms with Crippen molar-refractivity contribution in [2.75, 3.05) is 24.9 Å². The number of hydrogen-bond donors (Lipinski definition) is 1. The van der Waals surface area contributed by atoms with Gasteiger partial charge in [-0.3, -0.25) is 14.2 Å². The lowest BCUT2D eigenvalue weighted by Gasteiger charge is -2.22. The van der Waals surface area contributed by atoms with E-state index in [0.717, 1.165) is 0 Å². The fraction of sp³-hybridized carbons (Fsp3) is 0.263. The number of aromatic nitrogens is 2. The summed E-state index contributed by atoms with van der Waals surface area (Å²) >= 11 is 0. The van der Waals surface area contributed by atoms with Gasteiger partial charge in [0.15, 0.2) is 5.76 Å². The van der Waals surface area contributed by atoms with Gasteiger partial charge in [-0.25, -0.2) is 8.42 Å². The van der Waals surface area contributed by atoms with E-state index in [2.05, 4.69) is 10.2 Å². The molecule has 0 aliphatic rings. The number of para-hydroxylation sites is 1. The summed E-state index contributed by atoms with van der Waals surface area (Å²) in [7, 11) is -0.592. The summed E-state index contributed by atoms with van der Waals surface area (Å²) in [6, 6.07) is 10.3. The van der Waals surface area contributed by atoms with Crippen LogP contribution in [-0.2, 0) is 10.0 Å². The van der Waals surface area contributed by atoms with Crippen LogP contribution in [0.25, 0.3) is 11.5 Å². The molecule has 0 spiro atoms. The number of furan rings is 1. The summed E-state index contributed by atoms with van der Waals surface area (Å²) in [6.45, 7) is 3.61. The van der Waals surface area contributed by atoms with E-state index in [9.17, 15) is 13.2 Å². The Bertz CT molecular complexity index is 1080. The first-order chi connectivity index (χ1) is 13.3. The molecule has 2 heterocycles. The molecule has 0 saturated carbocycles. The Labute approximate surface area is 163 Å². The predicted octanol–water partition coefficient (Wildman–Crippen LogP) is 2.90. The van der Waals surface area contributed by atoms with Crippen molar-refractivity contribution in [1.29, 1.82) is 0 Å². The number of aromatic amines is 1. The quantitative estimate of drug-likeness (QED) is 0.683. The van der Waals surface area contributed by atoms with E-state index in [-0.39, 0.29) is 28.9 Å². The van der Waals surface area contributed by atoms with Crippen LogP contribution >= 0.6 is 0 Å². The van der Waals surface area contributed by atoms with Crippen LogP contribution in [0.4, 0.5) is 5.69 Å². The minimum atomic E-state index is -3.84. The standard InChI is InChI=1S/C19H22N4O4S/c1-5-23(14-9-7-6-8-10-14)28(25,26)17-11-16(27-13(17)2)18-15(12-20-21-18)19(24)22(3)4/h6-12H,5H2,1-4H3,(H,20,21). The Balaban J connectivity index is 2.06. The lowest BCUT2D eigenvalue weighted by Crippen LogP contribution is -2.30. The summed E-state index contributed by atoms with van der Waals surface area (Å²) in [4.78, 5) is 13.8. The number of aryl methyl sites for hydroxylation is 1. The van der Waals surface area contributed by atoms with Crippen LogP contribution in [0.5, 0.6) is 0 Å². The molecule has 28 heavy (non-hydrogen) atoms. The highest BCUT2D eigenvalue weighted by Gasteiger charge is 2.30. The van der Waals surface area contributed by atoms with Crippen molar-refractivity contribution in [2.24, 2.45) is 0 Å². The Morgan fingerprint density at radius 3 is 2.50 bits per heavy atom. The zero-order valence-corrected chi connectivity index (χ0v) is 16.9. The van der Waals surface area contributed by atoms with Crippen molar-refractivity contribution >= 4 is 21.6 Å². The molecule has 0 saturated heterocycles. The van der Waals surface area contributed by atoms with Crippen molar-refractivity contribution in [3.05, 3.63) is 53.9 Å². The molecule has 0 atom stereocenters. The van der Waals surface area contributed by atoms with Crippen LogP contribution in [0.1, 0.15) is 23.0 Å². The molecule has 1 aromatic carbocycles. The smallest absolute Gasteiger partial charge is 0.267 e. The third-order valence-corrected chi connectivity index (χ3v) is 6.30. The number of benzene rings is 1. The Hall–Kier alpha value is -3.07. The first-order valence-corrected chi connectivity index (χ1v) is 10.1. The molecule has 0 fully saturated rings. The lowest BCUT2D eigenvalue weighted by molar-refractivity contribution is 0.0828. The minimum absolute atomic E-state index is 0.0473. The number of amides is 1. The number of rotatable bonds is 6. The number of nitrogens with zero attached hydrogens (tertiary/aromatic N) is 3. The normalized spacial score (nSPS) is 11.4. The predicted molar refractivity (Wildman–Crippen MR) is 106 cm³/mol. The second-order valence-corrected chi connectivity index (χ2v) is 8.23. The number of nitrogens with one attached hydrogen (secondary N) is 1. The van der Waals surface area contributed by atoms with Crippen LogP contribution in [0, 0.1) is 6.92 Å². The number of sulfonamides is 1. The highest BCUT2D eigenvalue weighted by atomic mass is 32.2. The second kappa shape index (κ2) is 7.51. The van der Waals surface area contributed by atoms with E-state index >= 15 is 0 Å². The van der Waals surface area contributed by atoms with E-state index in [1.807, 2.05) is 6.07 Å². The molecule has 2 aromatic heterocycles. The number of carbonyl (C=O) groups is 1. The maximum Gasteiger partial charge on any atom is 0.267 e. The first-order valence-electron chi connectivity index (χ1n) is 8.71. The van der Waals surface area contributed by atoms with Crippen molar-refractivity contribution in [1.82, 2.24) is 15.1 Å².